The van der Waals surface area contributed by atoms with Gasteiger partial charge in [0.15, 0.2) is 0 Å². The number of methoxy groups -OCH3 is 1. The first-order valence-electron chi connectivity index (χ1n) is 9.56. The van der Waals surface area contributed by atoms with Gasteiger partial charge in [0.05, 0.1) is 24.3 Å². The number of ether oxygens (including phenoxy) is 1. The Morgan fingerprint density at radius 2 is 1.87 bits per heavy atom. The van der Waals surface area contributed by atoms with Crippen LogP contribution in [0.4, 0.5) is 5.69 Å². The zero-order valence-electron chi connectivity index (χ0n) is 16.6. The molecule has 3 atom stereocenters. The van der Waals surface area contributed by atoms with Crippen molar-refractivity contribution in [2.75, 3.05) is 12.4 Å². The summed E-state index contributed by atoms with van der Waals surface area (Å²) in [5, 5.41) is 29.2. The average Bonchev–Trinajstić information content (AvgIpc) is 3.07. The normalized spacial score (nSPS) is 22.9. The topological polar surface area (TPSA) is 127 Å². The molecule has 8 heteroatoms. The van der Waals surface area contributed by atoms with Crippen molar-refractivity contribution in [2.24, 2.45) is 5.92 Å². The van der Waals surface area contributed by atoms with Crippen molar-refractivity contribution in [3.05, 3.63) is 75.7 Å². The third-order valence-electron chi connectivity index (χ3n) is 5.65. The molecule has 0 aliphatic heterocycles. The fourth-order valence-electron chi connectivity index (χ4n) is 4.30. The lowest BCUT2D eigenvalue weighted by atomic mass is 9.66. The van der Waals surface area contributed by atoms with Gasteiger partial charge in [-0.05, 0) is 36.8 Å². The number of hydrogen-bond acceptors (Lipinski definition) is 5. The van der Waals surface area contributed by atoms with E-state index in [1.807, 2.05) is 0 Å². The number of phenols is 1. The van der Waals surface area contributed by atoms with E-state index in [0.29, 0.717) is 28.3 Å². The molecule has 0 saturated carbocycles. The Balaban J connectivity index is 1.82. The van der Waals surface area contributed by atoms with Gasteiger partial charge in [0.25, 0.3) is 5.56 Å². The van der Waals surface area contributed by atoms with Crippen LogP contribution in [0, 0.1) is 5.92 Å². The van der Waals surface area contributed by atoms with Crippen LogP contribution in [0.25, 0.3) is 0 Å². The number of carbonyl (C=O) groups excluding carboxylic acids is 1. The smallest absolute Gasteiger partial charge is 0.267 e. The fourth-order valence-corrected chi connectivity index (χ4v) is 4.30. The van der Waals surface area contributed by atoms with Crippen LogP contribution in [-0.2, 0) is 11.2 Å². The van der Waals surface area contributed by atoms with Gasteiger partial charge in [-0.25, -0.2) is 0 Å². The van der Waals surface area contributed by atoms with Gasteiger partial charge >= 0.3 is 0 Å². The maximum Gasteiger partial charge on any atom is 0.267 e. The number of aromatic hydroxyl groups is 1. The van der Waals surface area contributed by atoms with Crippen LogP contribution < -0.4 is 15.6 Å². The zero-order chi connectivity index (χ0) is 21.5. The Bertz CT molecular complexity index is 1130. The number of phenolic OH excluding ortho intramolecular Hbond substituents is 1. The predicted molar refractivity (Wildman–Crippen MR) is 111 cm³/mol. The van der Waals surface area contributed by atoms with Gasteiger partial charge < -0.3 is 25.4 Å². The second kappa shape index (κ2) is 7.38. The Morgan fingerprint density at radius 3 is 2.57 bits per heavy atom. The SMILES string of the molecule is COc1ccccc1NC(=O)[C@@H]1[C@@H](c2ccc(O)cc2)c2c([nH][nH]c2=O)C[C@@]1(C)O. The van der Waals surface area contributed by atoms with E-state index in [1.54, 1.807) is 43.3 Å². The molecule has 3 aromatic rings. The number of benzene rings is 2. The van der Waals surface area contributed by atoms with Crippen LogP contribution >= 0.6 is 0 Å². The van der Waals surface area contributed by atoms with Gasteiger partial charge in [0.2, 0.25) is 5.91 Å². The molecular formula is C22H23N3O5. The summed E-state index contributed by atoms with van der Waals surface area (Å²) in [5.41, 5.74) is 0.302. The maximum atomic E-state index is 13.4. The minimum atomic E-state index is -1.44. The first-order chi connectivity index (χ1) is 14.3. The van der Waals surface area contributed by atoms with Crippen molar-refractivity contribution in [2.45, 2.75) is 24.9 Å². The van der Waals surface area contributed by atoms with Crippen molar-refractivity contribution < 1.29 is 19.7 Å². The molecular weight excluding hydrogens is 386 g/mol. The summed E-state index contributed by atoms with van der Waals surface area (Å²) in [5.74, 6) is -1.55. The van der Waals surface area contributed by atoms with Gasteiger partial charge in [-0.3, -0.25) is 14.7 Å². The molecule has 0 spiro atoms. The largest absolute Gasteiger partial charge is 0.508 e. The van der Waals surface area contributed by atoms with Crippen molar-refractivity contribution in [1.82, 2.24) is 10.2 Å². The number of amides is 1. The van der Waals surface area contributed by atoms with Crippen molar-refractivity contribution in [1.29, 1.82) is 0 Å². The maximum absolute atomic E-state index is 13.4. The van der Waals surface area contributed by atoms with Gasteiger partial charge in [-0.2, -0.15) is 0 Å². The number of hydrogen-bond donors (Lipinski definition) is 5. The molecule has 0 fully saturated rings. The van der Waals surface area contributed by atoms with Crippen LogP contribution in [0.2, 0.25) is 0 Å². The average molecular weight is 409 g/mol. The van der Waals surface area contributed by atoms with Gasteiger partial charge in [0.1, 0.15) is 11.5 Å². The Hall–Kier alpha value is -3.52. The van der Waals surface area contributed by atoms with Crippen LogP contribution in [0.1, 0.15) is 29.7 Å². The summed E-state index contributed by atoms with van der Waals surface area (Å²) in [6, 6.07) is 13.3. The number of aromatic nitrogens is 2. The van der Waals surface area contributed by atoms with Gasteiger partial charge in [-0.15, -0.1) is 0 Å². The molecule has 2 aromatic carbocycles. The molecule has 0 unspecified atom stereocenters. The second-order valence-electron chi connectivity index (χ2n) is 7.74. The van der Waals surface area contributed by atoms with Crippen LogP contribution in [0.5, 0.6) is 11.5 Å². The summed E-state index contributed by atoms with van der Waals surface area (Å²) in [7, 11) is 1.51. The Labute approximate surface area is 172 Å². The molecule has 0 bridgehead atoms. The number of aliphatic hydroxyl groups is 1. The lowest BCUT2D eigenvalue weighted by Crippen LogP contribution is -2.51. The summed E-state index contributed by atoms with van der Waals surface area (Å²) in [6.45, 7) is 1.58. The second-order valence-corrected chi connectivity index (χ2v) is 7.74. The van der Waals surface area contributed by atoms with Crippen LogP contribution in [-0.4, -0.2) is 39.0 Å². The fraction of sp³-hybridized carbons (Fsp3) is 0.273. The molecule has 1 amide bonds. The number of nitrogens with one attached hydrogen (secondary N) is 3. The molecule has 4 rings (SSSR count). The third-order valence-corrected chi connectivity index (χ3v) is 5.65. The minimum Gasteiger partial charge on any atom is -0.508 e. The third kappa shape index (κ3) is 3.35. The van der Waals surface area contributed by atoms with Gasteiger partial charge in [-0.1, -0.05) is 24.3 Å². The standard InChI is InChI=1S/C22H23N3O5/c1-22(29)11-15-18(20(27)25-24-15)17(12-7-9-13(26)10-8-12)19(22)21(28)23-14-5-3-4-6-16(14)30-2/h3-10,17,19,26,29H,11H2,1-2H3,(H,23,28)(H2,24,25,27)/t17-,19-,22+/m0/s1. The molecule has 30 heavy (non-hydrogen) atoms. The van der Waals surface area contributed by atoms with E-state index < -0.39 is 23.3 Å². The highest BCUT2D eigenvalue weighted by Gasteiger charge is 2.50. The van der Waals surface area contributed by atoms with Crippen molar-refractivity contribution >= 4 is 11.6 Å². The summed E-state index contributed by atoms with van der Waals surface area (Å²) in [6.07, 6.45) is 0.111. The summed E-state index contributed by atoms with van der Waals surface area (Å²) in [4.78, 5) is 26.0. The van der Waals surface area contributed by atoms with E-state index in [2.05, 4.69) is 15.5 Å². The van der Waals surface area contributed by atoms with E-state index in [0.717, 1.165) is 0 Å². The number of rotatable bonds is 4. The quantitative estimate of drug-likeness (QED) is 0.451. The lowest BCUT2D eigenvalue weighted by molar-refractivity contribution is -0.130. The lowest BCUT2D eigenvalue weighted by Gasteiger charge is -2.41. The van der Waals surface area contributed by atoms with Gasteiger partial charge in [0, 0.05) is 23.6 Å². The number of aromatic amines is 2. The number of anilines is 1. The molecule has 1 aliphatic rings. The molecule has 1 aromatic heterocycles. The van der Waals surface area contributed by atoms with Crippen LogP contribution in [0.15, 0.2) is 53.3 Å². The molecule has 0 saturated heterocycles. The number of H-pyrrole nitrogens is 2. The molecule has 1 heterocycles. The highest BCUT2D eigenvalue weighted by Crippen LogP contribution is 2.44. The van der Waals surface area contributed by atoms with E-state index in [-0.39, 0.29) is 17.7 Å². The van der Waals surface area contributed by atoms with E-state index in [1.165, 1.54) is 19.2 Å². The molecule has 1 aliphatic carbocycles. The van der Waals surface area contributed by atoms with E-state index in [9.17, 15) is 19.8 Å². The summed E-state index contributed by atoms with van der Waals surface area (Å²) >= 11 is 0. The molecule has 0 radical (unpaired) electrons. The molecule has 5 N–H and O–H groups in total. The minimum absolute atomic E-state index is 0.0690. The number of para-hydroxylation sites is 2. The molecule has 156 valence electrons. The van der Waals surface area contributed by atoms with Crippen molar-refractivity contribution in [3.8, 4) is 11.5 Å². The molecule has 8 nitrogen and oxygen atoms in total. The monoisotopic (exact) mass is 409 g/mol. The number of fused-ring (bicyclic) bond motifs is 1. The predicted octanol–water partition coefficient (Wildman–Crippen LogP) is 2.11. The zero-order valence-corrected chi connectivity index (χ0v) is 16.6. The number of carbonyl (C=O) groups is 1. The van der Waals surface area contributed by atoms with E-state index >= 15 is 0 Å². The Morgan fingerprint density at radius 1 is 1.17 bits per heavy atom. The first-order valence-corrected chi connectivity index (χ1v) is 9.56. The highest BCUT2D eigenvalue weighted by molar-refractivity contribution is 5.96. The summed E-state index contributed by atoms with van der Waals surface area (Å²) < 4.78 is 5.31. The highest BCUT2D eigenvalue weighted by atomic mass is 16.5. The van der Waals surface area contributed by atoms with E-state index in [4.69, 9.17) is 4.74 Å². The van der Waals surface area contributed by atoms with Crippen molar-refractivity contribution in [3.63, 3.8) is 0 Å². The Kier molecular flexibility index (Phi) is 4.87. The first kappa shape index (κ1) is 19.8. The van der Waals surface area contributed by atoms with Crippen LogP contribution in [0.3, 0.4) is 0 Å².